The van der Waals surface area contributed by atoms with E-state index in [1.54, 1.807) is 13.1 Å². The number of rotatable bonds is 2. The molecule has 0 aliphatic rings. The van der Waals surface area contributed by atoms with Crippen molar-refractivity contribution < 1.29 is 4.79 Å². The summed E-state index contributed by atoms with van der Waals surface area (Å²) in [6, 6.07) is 0. The second kappa shape index (κ2) is 3.90. The molecule has 0 unspecified atom stereocenters. The molecule has 3 nitrogen and oxygen atoms in total. The molecule has 0 bridgehead atoms. The van der Waals surface area contributed by atoms with Crippen molar-refractivity contribution in [3.05, 3.63) is 6.92 Å². The van der Waals surface area contributed by atoms with Crippen molar-refractivity contribution in [2.75, 3.05) is 6.54 Å². The maximum atomic E-state index is 10.6. The largest absolute Gasteiger partial charge is 0.274 e. The quantitative estimate of drug-likeness (QED) is 0.399. The van der Waals surface area contributed by atoms with E-state index >= 15 is 0 Å². The lowest BCUT2D eigenvalue weighted by molar-refractivity contribution is -0.127. The normalized spacial score (nSPS) is 8.11. The van der Waals surface area contributed by atoms with Crippen molar-refractivity contribution in [1.29, 1.82) is 5.26 Å². The van der Waals surface area contributed by atoms with Gasteiger partial charge in [-0.2, -0.15) is 5.26 Å². The zero-order valence-electron chi connectivity index (χ0n) is 5.42. The first kappa shape index (κ1) is 7.96. The van der Waals surface area contributed by atoms with Crippen LogP contribution < -0.4 is 0 Å². The molecule has 0 fully saturated rings. The minimum atomic E-state index is -0.222. The van der Waals surface area contributed by atoms with Gasteiger partial charge in [-0.15, -0.1) is 0 Å². The average Bonchev–Trinajstić information content (AvgIpc) is 1.90. The van der Waals surface area contributed by atoms with Crippen molar-refractivity contribution in [3.8, 4) is 6.19 Å². The van der Waals surface area contributed by atoms with E-state index in [0.717, 1.165) is 4.90 Å². The Morgan fingerprint density at radius 2 is 2.44 bits per heavy atom. The molecular formula is C6H9N2O. The molecule has 0 aromatic rings. The van der Waals surface area contributed by atoms with Gasteiger partial charge in [0.2, 0.25) is 5.91 Å². The molecule has 1 radical (unpaired) electrons. The molecule has 0 saturated heterocycles. The third-order valence-electron chi connectivity index (χ3n) is 0.952. The third-order valence-corrected chi connectivity index (χ3v) is 0.952. The van der Waals surface area contributed by atoms with Gasteiger partial charge in [0.25, 0.3) is 0 Å². The highest BCUT2D eigenvalue weighted by atomic mass is 16.2. The summed E-state index contributed by atoms with van der Waals surface area (Å²) in [5.41, 5.74) is 0. The van der Waals surface area contributed by atoms with Crippen molar-refractivity contribution in [2.45, 2.75) is 13.3 Å². The van der Waals surface area contributed by atoms with Gasteiger partial charge in [-0.1, -0.05) is 0 Å². The zero-order chi connectivity index (χ0) is 7.28. The van der Waals surface area contributed by atoms with Gasteiger partial charge >= 0.3 is 0 Å². The molecule has 0 aliphatic heterocycles. The Kier molecular flexibility index (Phi) is 3.45. The van der Waals surface area contributed by atoms with E-state index in [-0.39, 0.29) is 12.3 Å². The van der Waals surface area contributed by atoms with Gasteiger partial charge in [0.05, 0.1) is 0 Å². The lowest BCUT2D eigenvalue weighted by atomic mass is 10.4. The molecule has 3 heteroatoms. The van der Waals surface area contributed by atoms with E-state index in [1.165, 1.54) is 0 Å². The standard InChI is InChI=1S/C6H9N2O/c1-3-6(9)8(4-2)5-7/h1,3-4H2,2H3. The van der Waals surface area contributed by atoms with Gasteiger partial charge in [0.15, 0.2) is 6.19 Å². The summed E-state index contributed by atoms with van der Waals surface area (Å²) in [5, 5.41) is 8.25. The molecule has 9 heavy (non-hydrogen) atoms. The van der Waals surface area contributed by atoms with Crippen molar-refractivity contribution in [3.63, 3.8) is 0 Å². The summed E-state index contributed by atoms with van der Waals surface area (Å²) in [6.07, 6.45) is 1.90. The fraction of sp³-hybridized carbons (Fsp3) is 0.500. The number of nitriles is 1. The Balaban J connectivity index is 3.84. The molecule has 0 rings (SSSR count). The van der Waals surface area contributed by atoms with Crippen LogP contribution in [0.3, 0.4) is 0 Å². The van der Waals surface area contributed by atoms with E-state index in [1.807, 2.05) is 0 Å². The van der Waals surface area contributed by atoms with Crippen LogP contribution in [0.4, 0.5) is 0 Å². The number of hydrogen-bond donors (Lipinski definition) is 0. The molecule has 0 atom stereocenters. The Labute approximate surface area is 54.9 Å². The van der Waals surface area contributed by atoms with Crippen LogP contribution in [0.25, 0.3) is 0 Å². The predicted molar refractivity (Wildman–Crippen MR) is 33.0 cm³/mol. The fourth-order valence-electron chi connectivity index (χ4n) is 0.438. The molecule has 0 aromatic carbocycles. The van der Waals surface area contributed by atoms with E-state index in [2.05, 4.69) is 6.92 Å². The minimum Gasteiger partial charge on any atom is -0.274 e. The predicted octanol–water partition coefficient (Wildman–Crippen LogP) is 0.540. The Bertz CT molecular complexity index is 136. The van der Waals surface area contributed by atoms with E-state index in [9.17, 15) is 4.79 Å². The summed E-state index contributed by atoms with van der Waals surface area (Å²) >= 11 is 0. The van der Waals surface area contributed by atoms with E-state index < -0.39 is 0 Å². The monoisotopic (exact) mass is 125 g/mol. The van der Waals surface area contributed by atoms with Crippen LogP contribution in [-0.2, 0) is 4.79 Å². The van der Waals surface area contributed by atoms with Gasteiger partial charge in [-0.3, -0.25) is 4.79 Å². The second-order valence-corrected chi connectivity index (χ2v) is 1.49. The van der Waals surface area contributed by atoms with Gasteiger partial charge in [0, 0.05) is 13.0 Å². The van der Waals surface area contributed by atoms with Crippen molar-refractivity contribution >= 4 is 5.91 Å². The molecule has 0 aromatic heterocycles. The SMILES string of the molecule is [CH2]CC(=O)N(C#N)CC. The lowest BCUT2D eigenvalue weighted by Crippen LogP contribution is -2.24. The molecule has 0 heterocycles. The minimum absolute atomic E-state index is 0.154. The van der Waals surface area contributed by atoms with Crippen molar-refractivity contribution in [1.82, 2.24) is 4.90 Å². The number of carbonyl (C=O) groups is 1. The molecular weight excluding hydrogens is 116 g/mol. The molecule has 0 aliphatic carbocycles. The summed E-state index contributed by atoms with van der Waals surface area (Å²) in [4.78, 5) is 11.7. The Morgan fingerprint density at radius 1 is 1.89 bits per heavy atom. The van der Waals surface area contributed by atoms with Crippen LogP contribution in [0.2, 0.25) is 0 Å². The average molecular weight is 125 g/mol. The maximum Gasteiger partial charge on any atom is 0.235 e. The van der Waals surface area contributed by atoms with Crippen molar-refractivity contribution in [2.24, 2.45) is 0 Å². The lowest BCUT2D eigenvalue weighted by Gasteiger charge is -2.07. The zero-order valence-corrected chi connectivity index (χ0v) is 5.42. The van der Waals surface area contributed by atoms with Crippen LogP contribution in [-0.4, -0.2) is 17.4 Å². The highest BCUT2D eigenvalue weighted by Crippen LogP contribution is 1.88. The van der Waals surface area contributed by atoms with Crippen LogP contribution in [0.15, 0.2) is 0 Å². The molecule has 49 valence electrons. The molecule has 0 spiro atoms. The fourth-order valence-corrected chi connectivity index (χ4v) is 0.438. The van der Waals surface area contributed by atoms with Gasteiger partial charge in [0.1, 0.15) is 0 Å². The number of nitrogens with zero attached hydrogens (tertiary/aromatic N) is 2. The maximum absolute atomic E-state index is 10.6. The summed E-state index contributed by atoms with van der Waals surface area (Å²) in [7, 11) is 0. The Morgan fingerprint density at radius 3 is 2.56 bits per heavy atom. The van der Waals surface area contributed by atoms with E-state index in [0.29, 0.717) is 6.54 Å². The number of carbonyl (C=O) groups excluding carboxylic acids is 1. The van der Waals surface area contributed by atoms with Crippen LogP contribution in [0.5, 0.6) is 0 Å². The van der Waals surface area contributed by atoms with Crippen LogP contribution in [0.1, 0.15) is 13.3 Å². The van der Waals surface area contributed by atoms with Crippen LogP contribution in [0, 0.1) is 18.4 Å². The smallest absolute Gasteiger partial charge is 0.235 e. The Hall–Kier alpha value is -1.04. The van der Waals surface area contributed by atoms with Gasteiger partial charge < -0.3 is 0 Å². The molecule has 0 N–H and O–H groups in total. The van der Waals surface area contributed by atoms with Crippen LogP contribution >= 0.6 is 0 Å². The van der Waals surface area contributed by atoms with E-state index in [4.69, 9.17) is 5.26 Å². The first-order valence-electron chi connectivity index (χ1n) is 2.75. The summed E-state index contributed by atoms with van der Waals surface area (Å²) in [6.45, 7) is 5.54. The second-order valence-electron chi connectivity index (χ2n) is 1.49. The van der Waals surface area contributed by atoms with Gasteiger partial charge in [-0.25, -0.2) is 4.90 Å². The highest BCUT2D eigenvalue weighted by molar-refractivity contribution is 5.78. The highest BCUT2D eigenvalue weighted by Gasteiger charge is 2.05. The summed E-state index contributed by atoms with van der Waals surface area (Å²) < 4.78 is 0. The van der Waals surface area contributed by atoms with Gasteiger partial charge in [-0.05, 0) is 13.8 Å². The third kappa shape index (κ3) is 2.13. The summed E-state index contributed by atoms with van der Waals surface area (Å²) in [5.74, 6) is -0.222. The molecule has 0 saturated carbocycles. The topological polar surface area (TPSA) is 44.1 Å². The number of amides is 1. The first-order chi connectivity index (χ1) is 4.26. The first-order valence-corrected chi connectivity index (χ1v) is 2.75. The molecule has 1 amide bonds. The number of hydrogen-bond acceptors (Lipinski definition) is 2.